The number of H-pyrrole nitrogens is 1. The van der Waals surface area contributed by atoms with Gasteiger partial charge >= 0.3 is 6.09 Å². The van der Waals surface area contributed by atoms with Gasteiger partial charge in [0, 0.05) is 40.0 Å². The van der Waals surface area contributed by atoms with E-state index in [1.165, 1.54) is 0 Å². The van der Waals surface area contributed by atoms with Crippen molar-refractivity contribution in [2.45, 2.75) is 18.8 Å². The van der Waals surface area contributed by atoms with E-state index in [9.17, 15) is 4.79 Å². The quantitative estimate of drug-likeness (QED) is 0.887. The van der Waals surface area contributed by atoms with Gasteiger partial charge in [-0.2, -0.15) is 0 Å². The van der Waals surface area contributed by atoms with Gasteiger partial charge in [-0.1, -0.05) is 6.07 Å². The first-order valence-corrected chi connectivity index (χ1v) is 5.77. The zero-order chi connectivity index (χ0) is 28.8. The molecule has 1 aliphatic rings. The van der Waals surface area contributed by atoms with E-state index in [1.54, 1.807) is 5.32 Å². The van der Waals surface area contributed by atoms with Crippen molar-refractivity contribution in [3.8, 4) is 0 Å². The van der Waals surface area contributed by atoms with Gasteiger partial charge < -0.3 is 19.9 Å². The first kappa shape index (κ1) is 4.49. The number of aromatic amines is 1. The molecule has 2 aromatic rings. The number of amides is 1. The van der Waals surface area contributed by atoms with Crippen molar-refractivity contribution < 1.29 is 31.5 Å². The molecular weight excluding hydrogens is 266 g/mol. The van der Waals surface area contributed by atoms with Crippen LogP contribution in [-0.4, -0.2) is 49.0 Å². The second kappa shape index (κ2) is 5.77. The maximum Gasteiger partial charge on any atom is 0.407 e. The lowest BCUT2D eigenvalue weighted by molar-refractivity contribution is 0.177. The first-order chi connectivity index (χ1) is 16.3. The van der Waals surface area contributed by atoms with Gasteiger partial charge in [0.2, 0.25) is 0 Å². The number of likely N-dealkylation sites (N-methyl/N-ethyl adjacent to an activating group) is 1. The lowest BCUT2D eigenvalue weighted by Gasteiger charge is -2.09. The Kier molecular flexibility index (Phi) is 1.23. The van der Waals surface area contributed by atoms with Gasteiger partial charge in [-0.3, -0.25) is 0 Å². The number of aryl methyl sites for hydroxylation is 1. The number of nitrogens with one attached hydrogen (secondary N) is 2. The Balaban J connectivity index is 2.26. The normalized spacial score (nSPS) is 38.6. The average Bonchev–Trinajstić information content (AvgIpc) is 3.09. The maximum atomic E-state index is 11.6. The van der Waals surface area contributed by atoms with E-state index in [4.69, 9.17) is 21.9 Å². The SMILES string of the molecule is [2H]c1[nH]c2ccc(C([2H])([2H])[C@]3([2H])NC(=O)OC3([2H])[2H])cc2c1C([2H])([2H])C([2H])([2H])N(C([2H])([2H])[2H])C([2H])([2H])[2H]. The Morgan fingerprint density at radius 2 is 2.57 bits per heavy atom. The molecule has 0 aliphatic carbocycles. The van der Waals surface area contributed by atoms with E-state index in [0.717, 1.165) is 18.2 Å². The molecule has 0 radical (unpaired) electrons. The van der Waals surface area contributed by atoms with E-state index in [1.807, 2.05) is 0 Å². The summed E-state index contributed by atoms with van der Waals surface area (Å²) >= 11 is 0. The molecule has 112 valence electrons. The first-order valence-electron chi connectivity index (χ1n) is 13.8. The lowest BCUT2D eigenvalue weighted by atomic mass is 10.0. The highest BCUT2D eigenvalue weighted by Crippen LogP contribution is 2.21. The number of alkyl carbamates (subject to hydrolysis) is 1. The van der Waals surface area contributed by atoms with Crippen molar-refractivity contribution in [2.24, 2.45) is 0 Å². The number of carbonyl (C=O) groups excluding carboxylic acids is 1. The predicted octanol–water partition coefficient (Wildman–Crippen LogP) is 1.92. The summed E-state index contributed by atoms with van der Waals surface area (Å²) in [5.74, 6) is 0. The number of rotatable bonds is 5. The molecule has 1 aromatic heterocycles. The molecule has 5 nitrogen and oxygen atoms in total. The number of fused-ring (bicyclic) bond motifs is 1. The van der Waals surface area contributed by atoms with Crippen LogP contribution < -0.4 is 5.32 Å². The summed E-state index contributed by atoms with van der Waals surface area (Å²) in [6.45, 7) is -14.2. The molecule has 0 spiro atoms. The van der Waals surface area contributed by atoms with E-state index in [2.05, 4.69) is 9.72 Å². The van der Waals surface area contributed by atoms with Gasteiger partial charge in [0.05, 0.1) is 11.5 Å². The van der Waals surface area contributed by atoms with Crippen LogP contribution in [0.3, 0.4) is 0 Å². The Hall–Kier alpha value is -2.01. The monoisotopic (exact) mass is 303 g/mol. The molecule has 21 heavy (non-hydrogen) atoms. The molecule has 1 atom stereocenters. The fourth-order valence-electron chi connectivity index (χ4n) is 1.80. The van der Waals surface area contributed by atoms with Crippen molar-refractivity contribution in [2.75, 3.05) is 27.0 Å². The molecule has 3 rings (SSSR count). The molecule has 0 saturated carbocycles. The Bertz CT molecular complexity index is 1220. The number of cyclic esters (lactones) is 1. The summed E-state index contributed by atoms with van der Waals surface area (Å²) in [4.78, 5) is 13.4. The van der Waals surface area contributed by atoms with E-state index >= 15 is 0 Å². The molecule has 2 heterocycles. The zero-order valence-electron chi connectivity index (χ0n) is 26.5. The van der Waals surface area contributed by atoms with E-state index < -0.39 is 74.1 Å². The lowest BCUT2D eigenvalue weighted by Crippen LogP contribution is -2.28. The van der Waals surface area contributed by atoms with Crippen LogP contribution in [0.15, 0.2) is 24.4 Å². The summed E-state index contributed by atoms with van der Waals surface area (Å²) < 4.78 is 132. The van der Waals surface area contributed by atoms with Crippen molar-refractivity contribution in [3.63, 3.8) is 0 Å². The van der Waals surface area contributed by atoms with Crippen LogP contribution in [0.2, 0.25) is 0 Å². The summed E-state index contributed by atoms with van der Waals surface area (Å²) in [7, 11) is 0. The van der Waals surface area contributed by atoms with Crippen LogP contribution in [0.1, 0.15) is 33.1 Å². The van der Waals surface area contributed by atoms with Gasteiger partial charge in [0.25, 0.3) is 0 Å². The third-order valence-corrected chi connectivity index (χ3v) is 2.65. The van der Waals surface area contributed by atoms with Crippen molar-refractivity contribution in [3.05, 3.63) is 35.5 Å². The van der Waals surface area contributed by atoms with E-state index in [0.29, 0.717) is 0 Å². The minimum absolute atomic E-state index is 0.0534. The second-order valence-corrected chi connectivity index (χ2v) is 4.07. The Morgan fingerprint density at radius 1 is 1.67 bits per heavy atom. The number of benzene rings is 1. The van der Waals surface area contributed by atoms with Gasteiger partial charge in [0.1, 0.15) is 6.56 Å². The summed E-state index contributed by atoms with van der Waals surface area (Å²) in [6.07, 6.45) is -8.73. The van der Waals surface area contributed by atoms with Crippen molar-refractivity contribution in [1.82, 2.24) is 15.2 Å². The third-order valence-electron chi connectivity index (χ3n) is 2.65. The number of aromatic nitrogens is 1. The van der Waals surface area contributed by atoms with Gasteiger partial charge in [-0.05, 0) is 50.0 Å². The summed E-state index contributed by atoms with van der Waals surface area (Å²) in [5.41, 5.74) is -1.41. The zero-order valence-corrected chi connectivity index (χ0v) is 10.5. The van der Waals surface area contributed by atoms with Crippen LogP contribution in [0.5, 0.6) is 0 Å². The van der Waals surface area contributed by atoms with Crippen LogP contribution in [0, 0.1) is 0 Å². The topological polar surface area (TPSA) is 57.4 Å². The van der Waals surface area contributed by atoms with Gasteiger partial charge in [0.15, 0.2) is 0 Å². The second-order valence-electron chi connectivity index (χ2n) is 4.07. The smallest absolute Gasteiger partial charge is 0.407 e. The largest absolute Gasteiger partial charge is 0.447 e. The molecular formula is C16H21N3O2. The molecule has 5 heteroatoms. The number of nitrogens with zero attached hydrogens (tertiary/aromatic N) is 1. The number of carbonyl (C=O) groups is 1. The summed E-state index contributed by atoms with van der Waals surface area (Å²) in [5, 5.41) is 1.41. The van der Waals surface area contributed by atoms with Crippen LogP contribution in [0.4, 0.5) is 4.79 Å². The van der Waals surface area contributed by atoms with Crippen LogP contribution in [0.25, 0.3) is 10.9 Å². The average molecular weight is 303 g/mol. The van der Waals surface area contributed by atoms with Gasteiger partial charge in [-0.25, -0.2) is 4.79 Å². The maximum absolute atomic E-state index is 11.6. The highest BCUT2D eigenvalue weighted by atomic mass is 16.6. The fourth-order valence-corrected chi connectivity index (χ4v) is 1.80. The molecule has 2 N–H and O–H groups in total. The standard InChI is InChI=1S/C16H21N3O2/c1-19(2)6-5-12-9-17-15-4-3-11(8-14(12)15)7-13-10-21-16(20)18-13/h3-4,8-9,13,17H,5-7,10H2,1-2H3,(H,18,20)/t13-/m0/s1/i1D3,2D3,5D2,6D2,7D2,9D,10D2,13D. The minimum atomic E-state index is -3.77. The van der Waals surface area contributed by atoms with Crippen molar-refractivity contribution in [1.29, 1.82) is 0 Å². The molecule has 1 aliphatic heterocycles. The highest BCUT2D eigenvalue weighted by Gasteiger charge is 2.22. The molecule has 1 fully saturated rings. The molecule has 0 bridgehead atoms. The van der Waals surface area contributed by atoms with Crippen LogP contribution >= 0.6 is 0 Å². The van der Waals surface area contributed by atoms with Crippen LogP contribution in [-0.2, 0) is 17.5 Å². The minimum Gasteiger partial charge on any atom is -0.447 e. The number of hydrogen-bond acceptors (Lipinski definition) is 3. The fraction of sp³-hybridized carbons (Fsp3) is 0.438. The third kappa shape index (κ3) is 3.19. The number of ether oxygens (including phenoxy) is 1. The molecule has 1 aromatic carbocycles. The molecule has 1 amide bonds. The Labute approximate surface area is 146 Å². The van der Waals surface area contributed by atoms with Gasteiger partial charge in [-0.15, -0.1) is 0 Å². The summed E-state index contributed by atoms with van der Waals surface area (Å²) in [6, 6.07) is 0.0226. The van der Waals surface area contributed by atoms with E-state index in [-0.39, 0.29) is 10.9 Å². The Morgan fingerprint density at radius 3 is 3.33 bits per heavy atom. The highest BCUT2D eigenvalue weighted by molar-refractivity contribution is 5.84. The number of hydrogen-bond donors (Lipinski definition) is 2. The molecule has 0 unspecified atom stereocenters. The molecule has 1 saturated heterocycles. The van der Waals surface area contributed by atoms with Crippen molar-refractivity contribution >= 4 is 17.0 Å². The predicted molar refractivity (Wildman–Crippen MR) is 82.5 cm³/mol.